The number of hydrogen-bond acceptors (Lipinski definition) is 3. The second-order valence-corrected chi connectivity index (χ2v) is 5.05. The molecular weight excluding hydrogens is 264 g/mol. The highest BCUT2D eigenvalue weighted by atomic mass is 16.5. The highest BCUT2D eigenvalue weighted by Crippen LogP contribution is 2.40. The summed E-state index contributed by atoms with van der Waals surface area (Å²) >= 11 is 0. The quantitative estimate of drug-likeness (QED) is 0.937. The van der Waals surface area contributed by atoms with E-state index in [0.29, 0.717) is 18.9 Å². The zero-order valence-electron chi connectivity index (χ0n) is 12.2. The summed E-state index contributed by atoms with van der Waals surface area (Å²) in [6.45, 7) is 4.86. The first-order chi connectivity index (χ1) is 10.2. The van der Waals surface area contributed by atoms with Gasteiger partial charge in [-0.2, -0.15) is 0 Å². The Morgan fingerprint density at radius 3 is 2.67 bits per heavy atom. The van der Waals surface area contributed by atoms with Crippen LogP contribution in [0.3, 0.4) is 0 Å². The number of hydrogen-bond donors (Lipinski definition) is 1. The van der Waals surface area contributed by atoms with E-state index in [4.69, 9.17) is 4.74 Å². The fourth-order valence-corrected chi connectivity index (χ4v) is 2.51. The molecule has 0 fully saturated rings. The fraction of sp³-hybridized carbons (Fsp3) is 0.235. The molecule has 0 aromatic heterocycles. The van der Waals surface area contributed by atoms with Crippen LogP contribution in [0, 0.1) is 6.92 Å². The van der Waals surface area contributed by atoms with Crippen molar-refractivity contribution in [2.45, 2.75) is 13.8 Å². The lowest BCUT2D eigenvalue weighted by atomic mass is 10.1. The van der Waals surface area contributed by atoms with Crippen LogP contribution in [0.1, 0.15) is 12.5 Å². The first kappa shape index (κ1) is 13.5. The van der Waals surface area contributed by atoms with E-state index >= 15 is 0 Å². The monoisotopic (exact) mass is 282 g/mol. The van der Waals surface area contributed by atoms with Gasteiger partial charge in [0, 0.05) is 5.69 Å². The van der Waals surface area contributed by atoms with Crippen LogP contribution in [-0.4, -0.2) is 19.1 Å². The van der Waals surface area contributed by atoms with Gasteiger partial charge in [0.2, 0.25) is 5.91 Å². The van der Waals surface area contributed by atoms with E-state index < -0.39 is 0 Å². The Bertz CT molecular complexity index is 665. The van der Waals surface area contributed by atoms with Crippen molar-refractivity contribution in [3.05, 3.63) is 48.0 Å². The minimum Gasteiger partial charge on any atom is -0.492 e. The van der Waals surface area contributed by atoms with Crippen LogP contribution in [0.5, 0.6) is 5.75 Å². The van der Waals surface area contributed by atoms with Crippen molar-refractivity contribution in [3.8, 4) is 5.75 Å². The smallest absolute Gasteiger partial charge is 0.244 e. The molecule has 21 heavy (non-hydrogen) atoms. The van der Waals surface area contributed by atoms with E-state index in [1.165, 1.54) is 5.56 Å². The molecule has 4 heteroatoms. The van der Waals surface area contributed by atoms with E-state index in [1.807, 2.05) is 61.2 Å². The number of ether oxygens (including phenoxy) is 1. The van der Waals surface area contributed by atoms with Crippen LogP contribution in [0.25, 0.3) is 0 Å². The van der Waals surface area contributed by atoms with Gasteiger partial charge in [0.15, 0.2) is 0 Å². The molecule has 3 rings (SSSR count). The molecule has 0 aliphatic carbocycles. The first-order valence-electron chi connectivity index (χ1n) is 7.09. The van der Waals surface area contributed by atoms with Gasteiger partial charge in [-0.1, -0.05) is 23.8 Å². The number of nitrogens with one attached hydrogen (secondary N) is 1. The van der Waals surface area contributed by atoms with E-state index in [9.17, 15) is 4.79 Å². The van der Waals surface area contributed by atoms with Crippen molar-refractivity contribution < 1.29 is 9.53 Å². The molecule has 0 spiro atoms. The molecule has 2 aromatic carbocycles. The summed E-state index contributed by atoms with van der Waals surface area (Å²) in [5.74, 6) is 0.676. The van der Waals surface area contributed by atoms with Crippen molar-refractivity contribution in [1.29, 1.82) is 0 Å². The molecule has 1 aliphatic heterocycles. The van der Waals surface area contributed by atoms with Gasteiger partial charge in [-0.3, -0.25) is 4.79 Å². The Kier molecular flexibility index (Phi) is 3.52. The second-order valence-electron chi connectivity index (χ2n) is 5.05. The van der Waals surface area contributed by atoms with Crippen molar-refractivity contribution in [2.75, 3.05) is 23.4 Å². The summed E-state index contributed by atoms with van der Waals surface area (Å²) in [5, 5.41) is 2.92. The molecule has 0 saturated heterocycles. The predicted octanol–water partition coefficient (Wildman–Crippen LogP) is 3.48. The van der Waals surface area contributed by atoms with Gasteiger partial charge < -0.3 is 15.0 Å². The average molecular weight is 282 g/mol. The Hall–Kier alpha value is -2.49. The number of carbonyl (C=O) groups excluding carboxylic acids is 1. The molecule has 0 atom stereocenters. The number of amides is 1. The van der Waals surface area contributed by atoms with E-state index in [2.05, 4.69) is 5.32 Å². The summed E-state index contributed by atoms with van der Waals surface area (Å²) in [4.78, 5) is 14.0. The van der Waals surface area contributed by atoms with Crippen LogP contribution in [0.15, 0.2) is 42.5 Å². The zero-order chi connectivity index (χ0) is 14.8. The molecule has 0 saturated carbocycles. The average Bonchev–Trinajstić information content (AvgIpc) is 2.48. The highest BCUT2D eigenvalue weighted by Gasteiger charge is 2.25. The SMILES string of the molecule is CCOc1cccc2c1NC(=O)CN2c1ccc(C)cc1. The number of fused-ring (bicyclic) bond motifs is 1. The number of anilines is 3. The van der Waals surface area contributed by atoms with Crippen LogP contribution in [0.2, 0.25) is 0 Å². The van der Waals surface area contributed by atoms with Crippen LogP contribution >= 0.6 is 0 Å². The third kappa shape index (κ3) is 2.57. The Balaban J connectivity index is 2.07. The molecule has 2 aromatic rings. The minimum absolute atomic E-state index is 0.0322. The summed E-state index contributed by atoms with van der Waals surface area (Å²) in [5.41, 5.74) is 3.91. The van der Waals surface area contributed by atoms with E-state index in [1.54, 1.807) is 0 Å². The Morgan fingerprint density at radius 2 is 1.95 bits per heavy atom. The molecule has 1 amide bonds. The lowest BCUT2D eigenvalue weighted by Gasteiger charge is -2.32. The number of benzene rings is 2. The molecule has 0 unspecified atom stereocenters. The van der Waals surface area contributed by atoms with Crippen LogP contribution in [-0.2, 0) is 4.79 Å². The summed E-state index contributed by atoms with van der Waals surface area (Å²) in [6, 6.07) is 14.0. The standard InChI is InChI=1S/C17H18N2O2/c1-3-21-15-6-4-5-14-17(15)18-16(20)11-19(14)13-9-7-12(2)8-10-13/h4-10H,3,11H2,1-2H3,(H,18,20). The normalized spacial score (nSPS) is 13.6. The lowest BCUT2D eigenvalue weighted by molar-refractivity contribution is -0.115. The summed E-state index contributed by atoms with van der Waals surface area (Å²) in [6.07, 6.45) is 0. The third-order valence-electron chi connectivity index (χ3n) is 3.51. The minimum atomic E-state index is -0.0322. The fourth-order valence-electron chi connectivity index (χ4n) is 2.51. The first-order valence-corrected chi connectivity index (χ1v) is 7.09. The molecule has 0 radical (unpaired) electrons. The van der Waals surface area contributed by atoms with Crippen molar-refractivity contribution >= 4 is 23.0 Å². The molecule has 1 heterocycles. The van der Waals surface area contributed by atoms with Crippen molar-refractivity contribution in [2.24, 2.45) is 0 Å². The van der Waals surface area contributed by atoms with Gasteiger partial charge in [-0.15, -0.1) is 0 Å². The predicted molar refractivity (Wildman–Crippen MR) is 84.4 cm³/mol. The molecule has 0 bridgehead atoms. The summed E-state index contributed by atoms with van der Waals surface area (Å²) in [7, 11) is 0. The molecular formula is C17H18N2O2. The number of carbonyl (C=O) groups is 1. The second kappa shape index (κ2) is 5.48. The Labute approximate surface area is 124 Å². The van der Waals surface area contributed by atoms with Gasteiger partial charge in [0.25, 0.3) is 0 Å². The molecule has 1 aliphatic rings. The number of aryl methyl sites for hydroxylation is 1. The third-order valence-corrected chi connectivity index (χ3v) is 3.51. The molecule has 108 valence electrons. The topological polar surface area (TPSA) is 41.6 Å². The molecule has 1 N–H and O–H groups in total. The lowest BCUT2D eigenvalue weighted by Crippen LogP contribution is -2.35. The number of para-hydroxylation sites is 1. The maximum absolute atomic E-state index is 12.0. The largest absolute Gasteiger partial charge is 0.492 e. The number of nitrogens with zero attached hydrogens (tertiary/aromatic N) is 1. The summed E-state index contributed by atoms with van der Waals surface area (Å²) < 4.78 is 5.61. The van der Waals surface area contributed by atoms with Crippen LogP contribution < -0.4 is 15.0 Å². The van der Waals surface area contributed by atoms with E-state index in [0.717, 1.165) is 17.1 Å². The maximum atomic E-state index is 12.0. The van der Waals surface area contributed by atoms with Gasteiger partial charge in [0.1, 0.15) is 18.0 Å². The van der Waals surface area contributed by atoms with Gasteiger partial charge in [-0.05, 0) is 38.1 Å². The van der Waals surface area contributed by atoms with Gasteiger partial charge in [-0.25, -0.2) is 0 Å². The van der Waals surface area contributed by atoms with Gasteiger partial charge in [0.05, 0.1) is 12.3 Å². The maximum Gasteiger partial charge on any atom is 0.244 e. The van der Waals surface area contributed by atoms with Crippen molar-refractivity contribution in [1.82, 2.24) is 0 Å². The van der Waals surface area contributed by atoms with Gasteiger partial charge >= 0.3 is 0 Å². The highest BCUT2D eigenvalue weighted by molar-refractivity contribution is 6.04. The van der Waals surface area contributed by atoms with Crippen LogP contribution in [0.4, 0.5) is 17.1 Å². The van der Waals surface area contributed by atoms with Crippen molar-refractivity contribution in [3.63, 3.8) is 0 Å². The number of rotatable bonds is 3. The molecule has 4 nitrogen and oxygen atoms in total. The zero-order valence-corrected chi connectivity index (χ0v) is 12.2. The van der Waals surface area contributed by atoms with E-state index in [-0.39, 0.29) is 5.91 Å². The Morgan fingerprint density at radius 1 is 1.19 bits per heavy atom.